The van der Waals surface area contributed by atoms with Gasteiger partial charge in [-0.3, -0.25) is 4.79 Å². The van der Waals surface area contributed by atoms with Gasteiger partial charge in [-0.05, 0) is 42.0 Å². The number of hydrogen-bond acceptors (Lipinski definition) is 4. The quantitative estimate of drug-likeness (QED) is 0.611. The first kappa shape index (κ1) is 17.9. The van der Waals surface area contributed by atoms with Crippen molar-refractivity contribution < 1.29 is 9.90 Å². The van der Waals surface area contributed by atoms with Crippen LogP contribution in [-0.2, 0) is 17.8 Å². The number of aliphatic hydroxyl groups excluding tert-OH is 1. The molecule has 2 aromatic heterocycles. The van der Waals surface area contributed by atoms with Gasteiger partial charge in [0.2, 0.25) is 5.91 Å². The maximum atomic E-state index is 12.0. The number of rotatable bonds is 8. The molecule has 0 unspecified atom stereocenters. The van der Waals surface area contributed by atoms with E-state index in [-0.39, 0.29) is 5.91 Å². The Morgan fingerprint density at radius 1 is 1.04 bits per heavy atom. The van der Waals surface area contributed by atoms with Gasteiger partial charge in [-0.2, -0.15) is 0 Å². The molecule has 3 aromatic rings. The van der Waals surface area contributed by atoms with Gasteiger partial charge in [0.15, 0.2) is 0 Å². The highest BCUT2D eigenvalue weighted by molar-refractivity contribution is 7.12. The summed E-state index contributed by atoms with van der Waals surface area (Å²) in [6, 6.07) is 18.0. The zero-order valence-electron chi connectivity index (χ0n) is 13.9. The average Bonchev–Trinajstić information content (AvgIpc) is 3.32. The SMILES string of the molecule is O=C(CCCc1ccccc1)NCc1ccc([C@H](O)c2cccs2)s1. The van der Waals surface area contributed by atoms with Gasteiger partial charge in [-0.15, -0.1) is 22.7 Å². The van der Waals surface area contributed by atoms with E-state index in [9.17, 15) is 9.90 Å². The van der Waals surface area contributed by atoms with Crippen molar-refractivity contribution in [3.05, 3.63) is 80.2 Å². The Morgan fingerprint density at radius 3 is 2.64 bits per heavy atom. The minimum atomic E-state index is -0.569. The number of hydrogen-bond donors (Lipinski definition) is 2. The van der Waals surface area contributed by atoms with E-state index in [0.29, 0.717) is 13.0 Å². The Labute approximate surface area is 156 Å². The van der Waals surface area contributed by atoms with Crippen LogP contribution in [-0.4, -0.2) is 11.0 Å². The average molecular weight is 372 g/mol. The number of carbonyl (C=O) groups is 1. The normalized spacial score (nSPS) is 12.0. The Kier molecular flexibility index (Phi) is 6.39. The molecule has 0 aliphatic heterocycles. The molecule has 0 aliphatic rings. The molecule has 0 spiro atoms. The molecule has 0 radical (unpaired) electrons. The lowest BCUT2D eigenvalue weighted by molar-refractivity contribution is -0.121. The second kappa shape index (κ2) is 8.94. The van der Waals surface area contributed by atoms with E-state index in [4.69, 9.17) is 0 Å². The van der Waals surface area contributed by atoms with E-state index in [1.807, 2.05) is 47.8 Å². The fraction of sp³-hybridized carbons (Fsp3) is 0.250. The summed E-state index contributed by atoms with van der Waals surface area (Å²) in [6.07, 6.45) is 1.73. The molecule has 1 aromatic carbocycles. The lowest BCUT2D eigenvalue weighted by Crippen LogP contribution is -2.21. The van der Waals surface area contributed by atoms with Crippen LogP contribution in [0.25, 0.3) is 0 Å². The second-order valence-electron chi connectivity index (χ2n) is 5.84. The highest BCUT2D eigenvalue weighted by Crippen LogP contribution is 2.30. The molecule has 25 heavy (non-hydrogen) atoms. The van der Waals surface area contributed by atoms with Gasteiger partial charge in [-0.25, -0.2) is 0 Å². The van der Waals surface area contributed by atoms with Gasteiger partial charge in [0.05, 0.1) is 6.54 Å². The summed E-state index contributed by atoms with van der Waals surface area (Å²) in [5, 5.41) is 15.3. The molecule has 0 aliphatic carbocycles. The van der Waals surface area contributed by atoms with Crippen LogP contribution < -0.4 is 5.32 Å². The van der Waals surface area contributed by atoms with Gasteiger partial charge in [0.25, 0.3) is 0 Å². The maximum absolute atomic E-state index is 12.0. The molecule has 0 saturated heterocycles. The van der Waals surface area contributed by atoms with Crippen LogP contribution in [0.1, 0.15) is 39.1 Å². The Bertz CT molecular complexity index is 781. The van der Waals surface area contributed by atoms with Gasteiger partial charge in [-0.1, -0.05) is 36.4 Å². The van der Waals surface area contributed by atoms with Crippen LogP contribution in [0, 0.1) is 0 Å². The monoisotopic (exact) mass is 371 g/mol. The predicted molar refractivity (Wildman–Crippen MR) is 104 cm³/mol. The predicted octanol–water partition coefficient (Wildman–Crippen LogP) is 4.53. The third-order valence-corrected chi connectivity index (χ3v) is 6.00. The van der Waals surface area contributed by atoms with Crippen molar-refractivity contribution in [3.63, 3.8) is 0 Å². The topological polar surface area (TPSA) is 49.3 Å². The number of nitrogens with one attached hydrogen (secondary N) is 1. The fourth-order valence-corrected chi connectivity index (χ4v) is 4.36. The zero-order chi connectivity index (χ0) is 17.5. The van der Waals surface area contributed by atoms with Crippen molar-refractivity contribution in [2.24, 2.45) is 0 Å². The smallest absolute Gasteiger partial charge is 0.220 e. The highest BCUT2D eigenvalue weighted by Gasteiger charge is 2.14. The minimum absolute atomic E-state index is 0.0738. The number of aryl methyl sites for hydroxylation is 1. The van der Waals surface area contributed by atoms with Gasteiger partial charge >= 0.3 is 0 Å². The van der Waals surface area contributed by atoms with Crippen molar-refractivity contribution in [1.82, 2.24) is 5.32 Å². The molecular formula is C20H21NO2S2. The number of thiophene rings is 2. The Balaban J connectivity index is 1.42. The number of aliphatic hydroxyl groups is 1. The largest absolute Gasteiger partial charge is 0.382 e. The molecule has 130 valence electrons. The summed E-state index contributed by atoms with van der Waals surface area (Å²) in [7, 11) is 0. The van der Waals surface area contributed by atoms with Gasteiger partial charge in [0, 0.05) is 21.1 Å². The minimum Gasteiger partial charge on any atom is -0.382 e. The number of carbonyl (C=O) groups excluding carboxylic acids is 1. The van der Waals surface area contributed by atoms with E-state index in [0.717, 1.165) is 27.5 Å². The van der Waals surface area contributed by atoms with Crippen LogP contribution in [0.15, 0.2) is 60.0 Å². The summed E-state index contributed by atoms with van der Waals surface area (Å²) < 4.78 is 0. The van der Waals surface area contributed by atoms with Crippen LogP contribution in [0.2, 0.25) is 0 Å². The summed E-state index contributed by atoms with van der Waals surface area (Å²) in [6.45, 7) is 0.520. The molecule has 0 fully saturated rings. The molecule has 0 saturated carbocycles. The summed E-state index contributed by atoms with van der Waals surface area (Å²) in [5.74, 6) is 0.0738. The first-order valence-corrected chi connectivity index (χ1v) is 10.0. The van der Waals surface area contributed by atoms with Gasteiger partial charge < -0.3 is 10.4 Å². The van der Waals surface area contributed by atoms with Crippen molar-refractivity contribution in [2.75, 3.05) is 0 Å². The highest BCUT2D eigenvalue weighted by atomic mass is 32.1. The molecule has 2 N–H and O–H groups in total. The van der Waals surface area contributed by atoms with Gasteiger partial charge in [0.1, 0.15) is 6.10 Å². The summed E-state index contributed by atoms with van der Waals surface area (Å²) in [4.78, 5) is 14.9. The van der Waals surface area contributed by atoms with E-state index in [2.05, 4.69) is 17.4 Å². The molecule has 1 amide bonds. The molecular weight excluding hydrogens is 350 g/mol. The summed E-state index contributed by atoms with van der Waals surface area (Å²) >= 11 is 3.09. The lowest BCUT2D eigenvalue weighted by Gasteiger charge is -2.06. The van der Waals surface area contributed by atoms with Crippen LogP contribution in [0.3, 0.4) is 0 Å². The fourth-order valence-electron chi connectivity index (χ4n) is 2.60. The van der Waals surface area contributed by atoms with E-state index < -0.39 is 6.10 Å². The number of amides is 1. The standard InChI is InChI=1S/C20H21NO2S2/c22-19(10-4-8-15-6-2-1-3-7-15)21-14-16-11-12-18(25-16)20(23)17-9-5-13-24-17/h1-3,5-7,9,11-13,20,23H,4,8,10,14H2,(H,21,22)/t20-/m1/s1. The Morgan fingerprint density at radius 2 is 1.88 bits per heavy atom. The van der Waals surface area contributed by atoms with Crippen molar-refractivity contribution in [2.45, 2.75) is 31.9 Å². The number of benzene rings is 1. The molecule has 2 heterocycles. The first-order chi connectivity index (χ1) is 12.2. The molecule has 0 bridgehead atoms. The zero-order valence-corrected chi connectivity index (χ0v) is 15.5. The van der Waals surface area contributed by atoms with Crippen LogP contribution >= 0.6 is 22.7 Å². The molecule has 1 atom stereocenters. The van der Waals surface area contributed by atoms with Crippen molar-refractivity contribution >= 4 is 28.6 Å². The molecule has 3 rings (SSSR count). The van der Waals surface area contributed by atoms with E-state index in [1.165, 1.54) is 5.56 Å². The summed E-state index contributed by atoms with van der Waals surface area (Å²) in [5.41, 5.74) is 1.26. The van der Waals surface area contributed by atoms with E-state index in [1.54, 1.807) is 22.7 Å². The van der Waals surface area contributed by atoms with Crippen molar-refractivity contribution in [3.8, 4) is 0 Å². The van der Waals surface area contributed by atoms with Crippen molar-refractivity contribution in [1.29, 1.82) is 0 Å². The van der Waals surface area contributed by atoms with Crippen LogP contribution in [0.4, 0.5) is 0 Å². The third kappa shape index (κ3) is 5.26. The maximum Gasteiger partial charge on any atom is 0.220 e. The molecule has 3 nitrogen and oxygen atoms in total. The van der Waals surface area contributed by atoms with E-state index >= 15 is 0 Å². The third-order valence-electron chi connectivity index (χ3n) is 3.94. The van der Waals surface area contributed by atoms with Crippen LogP contribution in [0.5, 0.6) is 0 Å². The molecule has 5 heteroatoms. The lowest BCUT2D eigenvalue weighted by atomic mass is 10.1. The first-order valence-electron chi connectivity index (χ1n) is 8.33. The Hall–Kier alpha value is -1.95. The second-order valence-corrected chi connectivity index (χ2v) is 8.02.